The largest absolute Gasteiger partial charge is 0.383 e. The van der Waals surface area contributed by atoms with E-state index in [1.165, 1.54) is 0 Å². The van der Waals surface area contributed by atoms with Gasteiger partial charge in [-0.2, -0.15) is 0 Å². The molecule has 0 aromatic carbocycles. The second-order valence-electron chi connectivity index (χ2n) is 4.92. The Hall–Kier alpha value is -1.14. The van der Waals surface area contributed by atoms with Crippen molar-refractivity contribution in [1.29, 1.82) is 0 Å². The summed E-state index contributed by atoms with van der Waals surface area (Å²) in [7, 11) is -1.05. The third-order valence-corrected chi connectivity index (χ3v) is 5.27. The minimum Gasteiger partial charge on any atom is -0.383 e. The number of nitrogens with one attached hydrogen (secondary N) is 1. The summed E-state index contributed by atoms with van der Waals surface area (Å²) in [6.07, 6.45) is 2.40. The molecule has 18 heavy (non-hydrogen) atoms. The van der Waals surface area contributed by atoms with Gasteiger partial charge in [0.1, 0.15) is 5.82 Å². The SMILES string of the molecule is CNC(c1cc(C)cnc1N)C1CCS(=O)(=O)C1. The van der Waals surface area contributed by atoms with E-state index in [4.69, 9.17) is 5.73 Å². The maximum absolute atomic E-state index is 11.6. The zero-order chi connectivity index (χ0) is 13.3. The van der Waals surface area contributed by atoms with Gasteiger partial charge in [0.2, 0.25) is 0 Å². The first kappa shape index (κ1) is 13.3. The minimum absolute atomic E-state index is 0.0466. The van der Waals surface area contributed by atoms with Crippen LogP contribution >= 0.6 is 0 Å². The molecule has 0 spiro atoms. The molecule has 1 aromatic rings. The van der Waals surface area contributed by atoms with Crippen molar-refractivity contribution in [1.82, 2.24) is 10.3 Å². The predicted octanol–water partition coefficient (Wildman–Crippen LogP) is 0.667. The lowest BCUT2D eigenvalue weighted by Gasteiger charge is -2.23. The first-order chi connectivity index (χ1) is 8.43. The van der Waals surface area contributed by atoms with Crippen molar-refractivity contribution in [2.24, 2.45) is 5.92 Å². The second kappa shape index (κ2) is 4.85. The van der Waals surface area contributed by atoms with Gasteiger partial charge in [-0.1, -0.05) is 0 Å². The van der Waals surface area contributed by atoms with Crippen LogP contribution in [0.5, 0.6) is 0 Å². The fraction of sp³-hybridized carbons (Fsp3) is 0.583. The molecule has 2 atom stereocenters. The molecule has 6 heteroatoms. The van der Waals surface area contributed by atoms with Crippen LogP contribution in [0.3, 0.4) is 0 Å². The molecule has 2 rings (SSSR count). The summed E-state index contributed by atoms with van der Waals surface area (Å²) in [4.78, 5) is 4.14. The van der Waals surface area contributed by atoms with Crippen LogP contribution in [0.4, 0.5) is 5.82 Å². The number of nitrogens with two attached hydrogens (primary N) is 1. The standard InChI is InChI=1S/C12H19N3O2S/c1-8-5-10(12(13)15-6-8)11(14-2)9-3-4-18(16,17)7-9/h5-6,9,11,14H,3-4,7H2,1-2H3,(H2,13,15). The van der Waals surface area contributed by atoms with Crippen LogP contribution in [0.25, 0.3) is 0 Å². The lowest BCUT2D eigenvalue weighted by molar-refractivity contribution is 0.419. The minimum atomic E-state index is -2.88. The van der Waals surface area contributed by atoms with E-state index in [2.05, 4.69) is 10.3 Å². The van der Waals surface area contributed by atoms with Crippen molar-refractivity contribution in [3.63, 3.8) is 0 Å². The van der Waals surface area contributed by atoms with Gasteiger partial charge in [0.25, 0.3) is 0 Å². The Morgan fingerprint density at radius 3 is 2.83 bits per heavy atom. The molecule has 5 nitrogen and oxygen atoms in total. The van der Waals surface area contributed by atoms with Crippen LogP contribution in [-0.2, 0) is 9.84 Å². The third kappa shape index (κ3) is 2.64. The molecule has 1 fully saturated rings. The average Bonchev–Trinajstić information content (AvgIpc) is 2.65. The van der Waals surface area contributed by atoms with Gasteiger partial charge in [0, 0.05) is 17.8 Å². The number of rotatable bonds is 3. The Morgan fingerprint density at radius 2 is 2.28 bits per heavy atom. The van der Waals surface area contributed by atoms with Crippen molar-refractivity contribution >= 4 is 15.7 Å². The molecule has 0 saturated carbocycles. The Balaban J connectivity index is 2.31. The molecule has 2 heterocycles. The maximum Gasteiger partial charge on any atom is 0.150 e. The van der Waals surface area contributed by atoms with Crippen molar-refractivity contribution in [2.75, 3.05) is 24.3 Å². The van der Waals surface area contributed by atoms with E-state index in [-0.39, 0.29) is 23.5 Å². The summed E-state index contributed by atoms with van der Waals surface area (Å²) in [6, 6.07) is 1.93. The summed E-state index contributed by atoms with van der Waals surface area (Å²) in [6.45, 7) is 1.95. The molecule has 0 radical (unpaired) electrons. The lowest BCUT2D eigenvalue weighted by Crippen LogP contribution is -2.27. The van der Waals surface area contributed by atoms with Gasteiger partial charge < -0.3 is 11.1 Å². The highest BCUT2D eigenvalue weighted by Gasteiger charge is 2.34. The molecule has 0 amide bonds. The number of nitrogens with zero attached hydrogens (tertiary/aromatic N) is 1. The van der Waals surface area contributed by atoms with E-state index in [0.717, 1.165) is 11.1 Å². The summed E-state index contributed by atoms with van der Waals surface area (Å²) < 4.78 is 23.1. The third-order valence-electron chi connectivity index (χ3n) is 3.47. The number of aromatic nitrogens is 1. The smallest absolute Gasteiger partial charge is 0.150 e. The molecule has 1 saturated heterocycles. The van der Waals surface area contributed by atoms with Crippen LogP contribution in [0.2, 0.25) is 0 Å². The van der Waals surface area contributed by atoms with Gasteiger partial charge in [0.15, 0.2) is 9.84 Å². The second-order valence-corrected chi connectivity index (χ2v) is 7.15. The van der Waals surface area contributed by atoms with E-state index >= 15 is 0 Å². The van der Waals surface area contributed by atoms with Gasteiger partial charge >= 0.3 is 0 Å². The van der Waals surface area contributed by atoms with Gasteiger partial charge in [-0.05, 0) is 37.9 Å². The van der Waals surface area contributed by atoms with E-state index in [1.807, 2.05) is 20.0 Å². The Kier molecular flexibility index (Phi) is 3.59. The zero-order valence-corrected chi connectivity index (χ0v) is 11.5. The molecule has 0 aliphatic carbocycles. The fourth-order valence-corrected chi connectivity index (χ4v) is 4.42. The average molecular weight is 269 g/mol. The Morgan fingerprint density at radius 1 is 1.56 bits per heavy atom. The Bertz CT molecular complexity index is 542. The normalized spacial score (nSPS) is 24.0. The van der Waals surface area contributed by atoms with Crippen LogP contribution in [0, 0.1) is 12.8 Å². The molecule has 1 aliphatic rings. The van der Waals surface area contributed by atoms with Crippen LogP contribution in [0.1, 0.15) is 23.6 Å². The molecule has 100 valence electrons. The number of anilines is 1. The summed E-state index contributed by atoms with van der Waals surface area (Å²) in [5.41, 5.74) is 7.83. The van der Waals surface area contributed by atoms with Gasteiger partial charge in [-0.3, -0.25) is 0 Å². The number of hydrogen-bond donors (Lipinski definition) is 2. The van der Waals surface area contributed by atoms with E-state index < -0.39 is 9.84 Å². The first-order valence-corrected chi connectivity index (χ1v) is 7.85. The maximum atomic E-state index is 11.6. The molecule has 3 N–H and O–H groups in total. The number of hydrogen-bond acceptors (Lipinski definition) is 5. The first-order valence-electron chi connectivity index (χ1n) is 6.02. The molecule has 0 bridgehead atoms. The van der Waals surface area contributed by atoms with Gasteiger partial charge in [-0.25, -0.2) is 13.4 Å². The van der Waals surface area contributed by atoms with Crippen molar-refractivity contribution in [2.45, 2.75) is 19.4 Å². The highest BCUT2D eigenvalue weighted by atomic mass is 32.2. The summed E-state index contributed by atoms with van der Waals surface area (Å²) >= 11 is 0. The van der Waals surface area contributed by atoms with Crippen LogP contribution < -0.4 is 11.1 Å². The summed E-state index contributed by atoms with van der Waals surface area (Å²) in [5, 5.41) is 3.18. The quantitative estimate of drug-likeness (QED) is 0.842. The molecule has 1 aliphatic heterocycles. The molecule has 2 unspecified atom stereocenters. The monoisotopic (exact) mass is 269 g/mol. The lowest BCUT2D eigenvalue weighted by atomic mass is 9.92. The van der Waals surface area contributed by atoms with Crippen molar-refractivity contribution < 1.29 is 8.42 Å². The Labute approximate surface area is 108 Å². The topological polar surface area (TPSA) is 85.1 Å². The molecular weight excluding hydrogens is 250 g/mol. The highest BCUT2D eigenvalue weighted by molar-refractivity contribution is 7.91. The number of aryl methyl sites for hydroxylation is 1. The summed E-state index contributed by atoms with van der Waals surface area (Å²) in [5.74, 6) is 1.05. The zero-order valence-electron chi connectivity index (χ0n) is 10.7. The molecule has 1 aromatic heterocycles. The molecular formula is C12H19N3O2S. The van der Waals surface area contributed by atoms with E-state index in [1.54, 1.807) is 6.20 Å². The number of pyridine rings is 1. The van der Waals surface area contributed by atoms with Crippen molar-refractivity contribution in [3.05, 3.63) is 23.4 Å². The fourth-order valence-electron chi connectivity index (χ4n) is 2.58. The predicted molar refractivity (Wildman–Crippen MR) is 71.9 cm³/mol. The van der Waals surface area contributed by atoms with Gasteiger partial charge in [0.05, 0.1) is 11.5 Å². The number of sulfone groups is 1. The van der Waals surface area contributed by atoms with Crippen LogP contribution in [0.15, 0.2) is 12.3 Å². The van der Waals surface area contributed by atoms with E-state index in [9.17, 15) is 8.42 Å². The van der Waals surface area contributed by atoms with E-state index in [0.29, 0.717) is 12.2 Å². The van der Waals surface area contributed by atoms with Crippen LogP contribution in [-0.4, -0.2) is 32.0 Å². The van der Waals surface area contributed by atoms with Gasteiger partial charge in [-0.15, -0.1) is 0 Å². The van der Waals surface area contributed by atoms with Crippen molar-refractivity contribution in [3.8, 4) is 0 Å². The number of nitrogen functional groups attached to an aromatic ring is 1. The highest BCUT2D eigenvalue weighted by Crippen LogP contribution is 2.33.